The van der Waals surface area contributed by atoms with Crippen LogP contribution in [0.15, 0.2) is 180 Å². The summed E-state index contributed by atoms with van der Waals surface area (Å²) in [5.41, 5.74) is 9.94. The topological polar surface area (TPSA) is 16.4 Å². The van der Waals surface area contributed by atoms with Crippen molar-refractivity contribution < 1.29 is 4.42 Å². The fourth-order valence-electron chi connectivity index (χ4n) is 6.75. The first-order chi connectivity index (χ1) is 22.8. The summed E-state index contributed by atoms with van der Waals surface area (Å²) in [4.78, 5) is 2.34. The molecule has 0 fully saturated rings. The second-order valence-electron chi connectivity index (χ2n) is 11.8. The molecular formula is C44H29NO. The molecular weight excluding hydrogens is 558 g/mol. The summed E-state index contributed by atoms with van der Waals surface area (Å²) in [6.45, 7) is 0. The van der Waals surface area contributed by atoms with Crippen molar-refractivity contribution in [3.63, 3.8) is 0 Å². The molecule has 8 aromatic carbocycles. The largest absolute Gasteiger partial charge is 0.456 e. The highest BCUT2D eigenvalue weighted by atomic mass is 16.3. The number of benzene rings is 8. The first kappa shape index (κ1) is 26.3. The first-order valence-corrected chi connectivity index (χ1v) is 15.7. The average Bonchev–Trinajstić information content (AvgIpc) is 3.51. The third kappa shape index (κ3) is 4.51. The van der Waals surface area contributed by atoms with Gasteiger partial charge in [-0.3, -0.25) is 0 Å². The fourth-order valence-corrected chi connectivity index (χ4v) is 6.75. The summed E-state index contributed by atoms with van der Waals surface area (Å²) in [6.07, 6.45) is 0. The summed E-state index contributed by atoms with van der Waals surface area (Å²) in [5.74, 6) is 0. The highest BCUT2D eigenvalue weighted by Crippen LogP contribution is 2.43. The van der Waals surface area contributed by atoms with Crippen molar-refractivity contribution >= 4 is 60.5 Å². The number of hydrogen-bond acceptors (Lipinski definition) is 2. The predicted octanol–water partition coefficient (Wildman–Crippen LogP) is 12.7. The van der Waals surface area contributed by atoms with Crippen molar-refractivity contribution in [3.05, 3.63) is 176 Å². The molecule has 216 valence electrons. The molecule has 0 amide bonds. The lowest BCUT2D eigenvalue weighted by molar-refractivity contribution is 0.669. The van der Waals surface area contributed by atoms with Crippen molar-refractivity contribution in [2.24, 2.45) is 0 Å². The van der Waals surface area contributed by atoms with Crippen LogP contribution < -0.4 is 4.90 Å². The molecule has 0 radical (unpaired) electrons. The molecule has 0 spiro atoms. The Morgan fingerprint density at radius 3 is 1.76 bits per heavy atom. The molecule has 1 aromatic heterocycles. The van der Waals surface area contributed by atoms with Gasteiger partial charge in [-0.15, -0.1) is 0 Å². The maximum absolute atomic E-state index is 6.27. The van der Waals surface area contributed by atoms with Gasteiger partial charge < -0.3 is 9.32 Å². The Morgan fingerprint density at radius 1 is 0.348 bits per heavy atom. The van der Waals surface area contributed by atoms with Crippen molar-refractivity contribution in [3.8, 4) is 22.3 Å². The van der Waals surface area contributed by atoms with Gasteiger partial charge in [0.05, 0.1) is 11.1 Å². The van der Waals surface area contributed by atoms with E-state index in [9.17, 15) is 0 Å². The van der Waals surface area contributed by atoms with Gasteiger partial charge in [-0.25, -0.2) is 0 Å². The highest BCUT2D eigenvalue weighted by Gasteiger charge is 2.19. The number of nitrogens with zero attached hydrogens (tertiary/aromatic N) is 1. The lowest BCUT2D eigenvalue weighted by atomic mass is 9.96. The van der Waals surface area contributed by atoms with Crippen LogP contribution in [0.3, 0.4) is 0 Å². The molecule has 2 heteroatoms. The minimum Gasteiger partial charge on any atom is -0.456 e. The highest BCUT2D eigenvalue weighted by molar-refractivity contribution is 6.13. The van der Waals surface area contributed by atoms with E-state index >= 15 is 0 Å². The van der Waals surface area contributed by atoms with Gasteiger partial charge >= 0.3 is 0 Å². The molecule has 9 aromatic rings. The van der Waals surface area contributed by atoms with E-state index < -0.39 is 0 Å². The monoisotopic (exact) mass is 587 g/mol. The molecule has 0 bridgehead atoms. The number of fused-ring (bicyclic) bond motifs is 5. The number of anilines is 3. The first-order valence-electron chi connectivity index (χ1n) is 15.7. The van der Waals surface area contributed by atoms with Gasteiger partial charge in [0.2, 0.25) is 0 Å². The third-order valence-electron chi connectivity index (χ3n) is 9.00. The van der Waals surface area contributed by atoms with Crippen molar-refractivity contribution in [1.82, 2.24) is 0 Å². The van der Waals surface area contributed by atoms with Crippen molar-refractivity contribution in [2.45, 2.75) is 0 Å². The summed E-state index contributed by atoms with van der Waals surface area (Å²) in [5, 5.41) is 7.15. The van der Waals surface area contributed by atoms with Crippen molar-refractivity contribution in [1.29, 1.82) is 0 Å². The summed E-state index contributed by atoms with van der Waals surface area (Å²) < 4.78 is 6.27. The number of rotatable bonds is 5. The molecule has 46 heavy (non-hydrogen) atoms. The molecule has 1 heterocycles. The molecule has 9 rings (SSSR count). The average molecular weight is 588 g/mol. The zero-order valence-corrected chi connectivity index (χ0v) is 25.1. The van der Waals surface area contributed by atoms with Crippen LogP contribution in [0.2, 0.25) is 0 Å². The normalized spacial score (nSPS) is 11.5. The van der Waals surface area contributed by atoms with Crippen LogP contribution in [0.25, 0.3) is 65.7 Å². The van der Waals surface area contributed by atoms with E-state index in [1.807, 2.05) is 12.1 Å². The zero-order chi connectivity index (χ0) is 30.5. The van der Waals surface area contributed by atoms with E-state index in [0.717, 1.165) is 39.0 Å². The minimum atomic E-state index is 0.885. The van der Waals surface area contributed by atoms with Crippen LogP contribution in [0, 0.1) is 0 Å². The Hall–Kier alpha value is -6.12. The number of hydrogen-bond donors (Lipinski definition) is 0. The Bertz CT molecular complexity index is 2540. The van der Waals surface area contributed by atoms with E-state index in [2.05, 4.69) is 169 Å². The lowest BCUT2D eigenvalue weighted by Crippen LogP contribution is -2.10. The second-order valence-corrected chi connectivity index (χ2v) is 11.8. The summed E-state index contributed by atoms with van der Waals surface area (Å²) in [6, 6.07) is 62.8. The molecule has 0 aliphatic heterocycles. The molecule has 0 N–H and O–H groups in total. The molecule has 0 atom stereocenters. The maximum atomic E-state index is 6.27. The van der Waals surface area contributed by atoms with Crippen LogP contribution >= 0.6 is 0 Å². The smallest absolute Gasteiger partial charge is 0.137 e. The van der Waals surface area contributed by atoms with Gasteiger partial charge in [-0.2, -0.15) is 0 Å². The summed E-state index contributed by atoms with van der Waals surface area (Å²) >= 11 is 0. The number of para-hydroxylation sites is 2. The molecule has 0 saturated carbocycles. The Balaban J connectivity index is 1.13. The molecule has 0 saturated heterocycles. The molecule has 2 nitrogen and oxygen atoms in total. The summed E-state index contributed by atoms with van der Waals surface area (Å²) in [7, 11) is 0. The van der Waals surface area contributed by atoms with Crippen LogP contribution in [0.5, 0.6) is 0 Å². The third-order valence-corrected chi connectivity index (χ3v) is 9.00. The van der Waals surface area contributed by atoms with Crippen LogP contribution in [0.1, 0.15) is 0 Å². The van der Waals surface area contributed by atoms with Gasteiger partial charge in [-0.05, 0) is 104 Å². The van der Waals surface area contributed by atoms with Gasteiger partial charge in [0, 0.05) is 16.8 Å². The van der Waals surface area contributed by atoms with Crippen LogP contribution in [-0.4, -0.2) is 0 Å². The zero-order valence-electron chi connectivity index (χ0n) is 25.1. The van der Waals surface area contributed by atoms with Crippen LogP contribution in [-0.2, 0) is 0 Å². The van der Waals surface area contributed by atoms with Gasteiger partial charge in [0.25, 0.3) is 0 Å². The predicted molar refractivity (Wildman–Crippen MR) is 194 cm³/mol. The minimum absolute atomic E-state index is 0.885. The maximum Gasteiger partial charge on any atom is 0.137 e. The quantitative estimate of drug-likeness (QED) is 0.199. The van der Waals surface area contributed by atoms with Crippen LogP contribution in [0.4, 0.5) is 17.1 Å². The number of furan rings is 1. The molecule has 0 aliphatic rings. The SMILES string of the molecule is c1ccc(N(c2ccc3cc(-c4cccc(-c5ccc6ccccc6c5)c4)ccc3c2)c2cccc3oc4ccccc4c23)cc1. The van der Waals surface area contributed by atoms with E-state index in [1.54, 1.807) is 0 Å². The molecule has 0 unspecified atom stereocenters. The van der Waals surface area contributed by atoms with E-state index in [-0.39, 0.29) is 0 Å². The standard InChI is InChI=1S/C44H29NO/c1-2-14-38(15-3-1)45(41-17-9-19-43-44(41)40-16-6-7-18-42(40)46-43)39-25-24-36-28-35(22-23-37(36)29-39)33-13-8-12-32(27-33)34-21-20-30-10-4-5-11-31(30)26-34/h1-29H. The van der Waals surface area contributed by atoms with Gasteiger partial charge in [0.15, 0.2) is 0 Å². The Morgan fingerprint density at radius 2 is 0.935 bits per heavy atom. The van der Waals surface area contributed by atoms with Gasteiger partial charge in [-0.1, -0.05) is 115 Å². The van der Waals surface area contributed by atoms with Gasteiger partial charge in [0.1, 0.15) is 11.2 Å². The van der Waals surface area contributed by atoms with E-state index in [0.29, 0.717) is 0 Å². The van der Waals surface area contributed by atoms with E-state index in [4.69, 9.17) is 4.42 Å². The lowest BCUT2D eigenvalue weighted by Gasteiger charge is -2.26. The Kier molecular flexibility index (Phi) is 6.17. The fraction of sp³-hybridized carbons (Fsp3) is 0. The van der Waals surface area contributed by atoms with Crippen molar-refractivity contribution in [2.75, 3.05) is 4.90 Å². The van der Waals surface area contributed by atoms with E-state index in [1.165, 1.54) is 43.8 Å². The second kappa shape index (κ2) is 10.8. The Labute approximate surface area is 267 Å². The molecule has 0 aliphatic carbocycles.